The summed E-state index contributed by atoms with van der Waals surface area (Å²) in [5, 5.41) is 176. The molecule has 60 heavy (non-hydrogen) atoms. The maximum atomic E-state index is 11.6. The fraction of sp³-hybridized carbons (Fsp3) is 0.969. The molecule has 0 bridgehead atoms. The Hall–Kier alpha value is -1.57. The lowest BCUT2D eigenvalue weighted by Gasteiger charge is -2.49. The van der Waals surface area contributed by atoms with Gasteiger partial charge < -0.3 is 135 Å². The van der Waals surface area contributed by atoms with Crippen LogP contribution in [0.1, 0.15) is 6.42 Å². The van der Waals surface area contributed by atoms with Crippen LogP contribution in [0.5, 0.6) is 0 Å². The van der Waals surface area contributed by atoms with Crippen molar-refractivity contribution in [1.82, 2.24) is 0 Å². The minimum atomic E-state index is -3.05. The summed E-state index contributed by atoms with van der Waals surface area (Å²) in [5.41, 5.74) is 5.96. The summed E-state index contributed by atoms with van der Waals surface area (Å²) in [5.74, 6) is -5.01. The van der Waals surface area contributed by atoms with Crippen molar-refractivity contribution in [2.75, 3.05) is 33.0 Å². The Morgan fingerprint density at radius 3 is 1.53 bits per heavy atom. The third kappa shape index (κ3) is 10.0. The Bertz CT molecular complexity index is 1370. The Kier molecular flexibility index (Phi) is 16.9. The molecule has 25 atom stereocenters. The third-order valence-electron chi connectivity index (χ3n) is 11.0. The number of carboxylic acid groups (broad SMARTS) is 1. The van der Waals surface area contributed by atoms with E-state index < -0.39 is 198 Å². The van der Waals surface area contributed by atoms with Gasteiger partial charge in [0.05, 0.1) is 45.2 Å². The number of ether oxygens (including phenoxy) is 9. The van der Waals surface area contributed by atoms with Crippen molar-refractivity contribution < 1.29 is 134 Å². The predicted molar refractivity (Wildman–Crippen MR) is 180 cm³/mol. The van der Waals surface area contributed by atoms with Crippen LogP contribution in [0.25, 0.3) is 0 Å². The van der Waals surface area contributed by atoms with E-state index in [1.54, 1.807) is 0 Å². The van der Waals surface area contributed by atoms with E-state index in [4.69, 9.17) is 48.4 Å². The molecule has 5 heterocycles. The summed E-state index contributed by atoms with van der Waals surface area (Å²) >= 11 is 0. The number of aliphatic carboxylic acids is 1. The molecule has 5 aliphatic rings. The van der Waals surface area contributed by atoms with Crippen LogP contribution < -0.4 is 5.73 Å². The first-order valence-corrected chi connectivity index (χ1v) is 18.7. The molecular weight excluding hydrogens is 830 g/mol. The SMILES string of the molecule is N[C@H]1C(OC[C@H]2OC(O[C@H]3[C@H](O)[C@H](O)C(O[C@H]4[C@@H]([C@H](O)CO)OC(O)(C(=O)O)C[C@H]4O)O[C@@H]3CO)[C@H](O)[C@@H](O)[C@@H]2OC2O[C@H](CO)[C@@H](O)[C@@H](O)[C@H]2O)O[C@H](CO)[C@H](O)[C@@H]1O. The number of carboxylic acids is 1. The molecule has 0 saturated carbocycles. The van der Waals surface area contributed by atoms with Crippen LogP contribution in [0, 0.1) is 0 Å². The first-order valence-electron chi connectivity index (χ1n) is 18.7. The summed E-state index contributed by atoms with van der Waals surface area (Å²) in [4.78, 5) is 11.6. The number of rotatable bonds is 15. The van der Waals surface area contributed by atoms with Crippen LogP contribution >= 0.6 is 0 Å². The maximum absolute atomic E-state index is 11.6. The van der Waals surface area contributed by atoms with Gasteiger partial charge in [-0.25, -0.2) is 4.79 Å². The molecule has 0 aromatic carbocycles. The van der Waals surface area contributed by atoms with E-state index >= 15 is 0 Å². The molecule has 0 aromatic rings. The van der Waals surface area contributed by atoms with E-state index in [1.807, 2.05) is 0 Å². The van der Waals surface area contributed by atoms with Crippen molar-refractivity contribution in [3.63, 3.8) is 0 Å². The fourth-order valence-electron chi connectivity index (χ4n) is 7.41. The molecule has 28 nitrogen and oxygen atoms in total. The first kappa shape index (κ1) is 49.4. The number of hydrogen-bond donors (Lipinski definition) is 18. The van der Waals surface area contributed by atoms with Crippen molar-refractivity contribution in [1.29, 1.82) is 0 Å². The van der Waals surface area contributed by atoms with Gasteiger partial charge in [-0.1, -0.05) is 0 Å². The van der Waals surface area contributed by atoms with Crippen molar-refractivity contribution in [2.45, 2.75) is 159 Å². The zero-order valence-electron chi connectivity index (χ0n) is 31.4. The number of aliphatic hydroxyl groups excluding tert-OH is 15. The lowest BCUT2D eigenvalue weighted by Crippen LogP contribution is -2.68. The van der Waals surface area contributed by atoms with Gasteiger partial charge in [-0.15, -0.1) is 0 Å². The largest absolute Gasteiger partial charge is 0.477 e. The fourth-order valence-corrected chi connectivity index (χ4v) is 7.41. The summed E-state index contributed by atoms with van der Waals surface area (Å²) in [6, 6.07) is -1.46. The Balaban J connectivity index is 1.35. The minimum Gasteiger partial charge on any atom is -0.477 e. The van der Waals surface area contributed by atoms with Gasteiger partial charge in [-0.2, -0.15) is 0 Å². The highest BCUT2D eigenvalue weighted by Gasteiger charge is 2.57. The van der Waals surface area contributed by atoms with Gasteiger partial charge in [0.15, 0.2) is 25.2 Å². The molecule has 5 rings (SSSR count). The summed E-state index contributed by atoms with van der Waals surface area (Å²) in [7, 11) is 0. The molecular formula is C32H55NO27. The van der Waals surface area contributed by atoms with Gasteiger partial charge in [-0.3, -0.25) is 0 Å². The maximum Gasteiger partial charge on any atom is 0.364 e. The van der Waals surface area contributed by atoms with Crippen LogP contribution in [0.2, 0.25) is 0 Å². The normalized spacial score (nSPS) is 50.9. The van der Waals surface area contributed by atoms with Crippen LogP contribution in [0.3, 0.4) is 0 Å². The highest BCUT2D eigenvalue weighted by molar-refractivity contribution is 5.75. The topological polar surface area (TPSA) is 470 Å². The molecule has 5 fully saturated rings. The highest BCUT2D eigenvalue weighted by atomic mass is 16.8. The average molecular weight is 886 g/mol. The lowest BCUT2D eigenvalue weighted by atomic mass is 9.92. The van der Waals surface area contributed by atoms with E-state index in [-0.39, 0.29) is 0 Å². The molecule has 0 aromatic heterocycles. The van der Waals surface area contributed by atoms with Gasteiger partial charge in [0.1, 0.15) is 110 Å². The van der Waals surface area contributed by atoms with Crippen LogP contribution in [0.15, 0.2) is 0 Å². The zero-order chi connectivity index (χ0) is 44.5. The smallest absolute Gasteiger partial charge is 0.364 e. The molecule has 5 aliphatic heterocycles. The third-order valence-corrected chi connectivity index (χ3v) is 11.0. The van der Waals surface area contributed by atoms with Gasteiger partial charge in [-0.05, 0) is 0 Å². The minimum absolute atomic E-state index is 0.791. The zero-order valence-corrected chi connectivity index (χ0v) is 31.4. The standard InChI is InChI=1S/C32H55NO27/c33-13-16(42)14(40)9(3-35)53-27(13)52-6-12-26(59-28-20(46)17(43)15(41)10(4-36)54-28)19(45)22(48)30(56-12)58-25-11(5-37)55-29(21(47)18(25)44)57-23-7(38)1-32(51,31(49)50)60-24(23)8(39)2-34/h7-30,34-48,51H,1-6,33H2,(H,49,50)/t7-,8-,9-,10-,11-,12-,13-,14+,15-,16-,17-,18-,19-,20-,21+,22-,23-,24-,25-,26-,27?,28?,29?,30?,32?/m1/s1. The van der Waals surface area contributed by atoms with Crippen molar-refractivity contribution >= 4 is 5.97 Å². The predicted octanol–water partition coefficient (Wildman–Crippen LogP) is -12.1. The number of aliphatic hydroxyl groups is 16. The molecule has 28 heteroatoms. The van der Waals surface area contributed by atoms with Crippen LogP contribution in [-0.4, -0.2) is 279 Å². The molecule has 350 valence electrons. The Morgan fingerprint density at radius 1 is 0.600 bits per heavy atom. The van der Waals surface area contributed by atoms with E-state index in [1.165, 1.54) is 0 Å². The van der Waals surface area contributed by atoms with E-state index in [0.29, 0.717) is 0 Å². The molecule has 0 aliphatic carbocycles. The Morgan fingerprint density at radius 2 is 1.03 bits per heavy atom. The second kappa shape index (κ2) is 20.5. The van der Waals surface area contributed by atoms with E-state index in [9.17, 15) is 91.6 Å². The van der Waals surface area contributed by atoms with Gasteiger partial charge in [0.2, 0.25) is 0 Å². The van der Waals surface area contributed by atoms with E-state index in [0.717, 1.165) is 0 Å². The number of carbonyl (C=O) groups is 1. The average Bonchev–Trinajstić information content (AvgIpc) is 3.22. The van der Waals surface area contributed by atoms with Crippen molar-refractivity contribution in [3.05, 3.63) is 0 Å². The van der Waals surface area contributed by atoms with E-state index in [2.05, 4.69) is 0 Å². The Labute approximate surface area is 338 Å². The van der Waals surface area contributed by atoms with Crippen LogP contribution in [-0.2, 0) is 47.4 Å². The molecule has 5 unspecified atom stereocenters. The second-order valence-corrected chi connectivity index (χ2v) is 15.0. The summed E-state index contributed by atoms with van der Waals surface area (Å²) < 4.78 is 49.9. The number of hydrogen-bond acceptors (Lipinski definition) is 27. The molecule has 19 N–H and O–H groups in total. The summed E-state index contributed by atoms with van der Waals surface area (Å²) in [6.45, 7) is -4.60. The molecule has 5 saturated heterocycles. The van der Waals surface area contributed by atoms with Gasteiger partial charge >= 0.3 is 5.97 Å². The molecule has 0 amide bonds. The lowest BCUT2D eigenvalue weighted by molar-refractivity contribution is -0.391. The first-order chi connectivity index (χ1) is 28.2. The van der Waals surface area contributed by atoms with Gasteiger partial charge in [0.25, 0.3) is 5.79 Å². The monoisotopic (exact) mass is 885 g/mol. The van der Waals surface area contributed by atoms with Gasteiger partial charge in [0, 0.05) is 6.42 Å². The number of nitrogens with two attached hydrogens (primary N) is 1. The molecule has 0 radical (unpaired) electrons. The quantitative estimate of drug-likeness (QED) is 0.0726. The van der Waals surface area contributed by atoms with Crippen molar-refractivity contribution in [2.24, 2.45) is 5.73 Å². The summed E-state index contributed by atoms with van der Waals surface area (Å²) in [6.07, 6.45) is -44.3. The van der Waals surface area contributed by atoms with Crippen LogP contribution in [0.4, 0.5) is 0 Å². The van der Waals surface area contributed by atoms with Crippen molar-refractivity contribution in [3.8, 4) is 0 Å². The highest BCUT2D eigenvalue weighted by Crippen LogP contribution is 2.36. The second-order valence-electron chi connectivity index (χ2n) is 15.0. The molecule has 0 spiro atoms.